The molecule has 2 N–H and O–H groups in total. The van der Waals surface area contributed by atoms with Gasteiger partial charge < -0.3 is 15.4 Å². The summed E-state index contributed by atoms with van der Waals surface area (Å²) in [5.74, 6) is 0.544. The van der Waals surface area contributed by atoms with Crippen LogP contribution in [0.15, 0.2) is 109 Å². The van der Waals surface area contributed by atoms with Gasteiger partial charge in [-0.05, 0) is 60.7 Å². The first-order valence-electron chi connectivity index (χ1n) is 9.78. The van der Waals surface area contributed by atoms with E-state index in [9.17, 15) is 9.59 Å². The highest BCUT2D eigenvalue weighted by molar-refractivity contribution is 6.05. The van der Waals surface area contributed by atoms with Crippen LogP contribution in [0.1, 0.15) is 20.7 Å². The third kappa shape index (κ3) is 5.36. The lowest BCUT2D eigenvalue weighted by atomic mass is 10.2. The molecule has 0 bridgehead atoms. The molecule has 0 heterocycles. The van der Waals surface area contributed by atoms with Crippen LogP contribution in [0.4, 0.5) is 11.4 Å². The summed E-state index contributed by atoms with van der Waals surface area (Å²) in [6.45, 7) is 0. The van der Waals surface area contributed by atoms with Crippen molar-refractivity contribution in [2.45, 2.75) is 0 Å². The molecule has 4 aromatic carbocycles. The minimum atomic E-state index is -0.229. The van der Waals surface area contributed by atoms with Crippen molar-refractivity contribution >= 4 is 23.2 Å². The predicted octanol–water partition coefficient (Wildman–Crippen LogP) is 5.98. The van der Waals surface area contributed by atoms with E-state index in [4.69, 9.17) is 4.74 Å². The highest BCUT2D eigenvalue weighted by atomic mass is 16.5. The highest BCUT2D eigenvalue weighted by Crippen LogP contribution is 2.24. The molecule has 0 spiro atoms. The van der Waals surface area contributed by atoms with Gasteiger partial charge in [0, 0.05) is 22.5 Å². The minimum Gasteiger partial charge on any atom is -0.457 e. The molecule has 0 radical (unpaired) electrons. The van der Waals surface area contributed by atoms with Gasteiger partial charge in [-0.15, -0.1) is 0 Å². The van der Waals surface area contributed by atoms with Gasteiger partial charge in [0.15, 0.2) is 0 Å². The molecule has 152 valence electrons. The molecular weight excluding hydrogens is 388 g/mol. The van der Waals surface area contributed by atoms with Crippen LogP contribution >= 0.6 is 0 Å². The maximum Gasteiger partial charge on any atom is 0.255 e. The van der Waals surface area contributed by atoms with Gasteiger partial charge in [0.05, 0.1) is 0 Å². The Morgan fingerprint density at radius 2 is 0.935 bits per heavy atom. The monoisotopic (exact) mass is 408 g/mol. The van der Waals surface area contributed by atoms with E-state index in [0.717, 1.165) is 11.4 Å². The van der Waals surface area contributed by atoms with Crippen molar-refractivity contribution in [1.82, 2.24) is 0 Å². The zero-order valence-electron chi connectivity index (χ0n) is 16.6. The van der Waals surface area contributed by atoms with Crippen LogP contribution in [0, 0.1) is 0 Å². The number of hydrogen-bond acceptors (Lipinski definition) is 3. The molecule has 2 amide bonds. The van der Waals surface area contributed by atoms with E-state index in [2.05, 4.69) is 10.6 Å². The minimum absolute atomic E-state index is 0.229. The van der Waals surface area contributed by atoms with E-state index in [1.165, 1.54) is 0 Å². The maximum atomic E-state index is 12.5. The summed E-state index contributed by atoms with van der Waals surface area (Å²) >= 11 is 0. The Labute approximate surface area is 180 Å². The summed E-state index contributed by atoms with van der Waals surface area (Å²) in [7, 11) is 0. The molecule has 31 heavy (non-hydrogen) atoms. The molecule has 0 aliphatic heterocycles. The lowest BCUT2D eigenvalue weighted by Crippen LogP contribution is -2.12. The summed E-state index contributed by atoms with van der Waals surface area (Å²) in [5.41, 5.74) is 2.38. The van der Waals surface area contributed by atoms with Gasteiger partial charge in [0.2, 0.25) is 0 Å². The van der Waals surface area contributed by atoms with Crippen molar-refractivity contribution in [2.75, 3.05) is 10.6 Å². The Balaban J connectivity index is 1.46. The number of amides is 2. The number of para-hydroxylation sites is 2. The van der Waals surface area contributed by atoms with Crippen LogP contribution < -0.4 is 15.4 Å². The fourth-order valence-electron chi connectivity index (χ4n) is 2.99. The molecule has 4 aromatic rings. The van der Waals surface area contributed by atoms with Crippen molar-refractivity contribution in [3.05, 3.63) is 120 Å². The van der Waals surface area contributed by atoms with Crippen LogP contribution in [0.2, 0.25) is 0 Å². The van der Waals surface area contributed by atoms with E-state index in [1.807, 2.05) is 60.7 Å². The van der Waals surface area contributed by atoms with E-state index < -0.39 is 0 Å². The molecule has 0 aliphatic carbocycles. The normalized spacial score (nSPS) is 10.2. The zero-order chi connectivity index (χ0) is 21.5. The van der Waals surface area contributed by atoms with Gasteiger partial charge in [-0.3, -0.25) is 9.59 Å². The molecule has 5 heteroatoms. The van der Waals surface area contributed by atoms with Gasteiger partial charge in [-0.1, -0.05) is 48.5 Å². The summed E-state index contributed by atoms with van der Waals surface area (Å²) < 4.78 is 5.90. The molecule has 0 saturated heterocycles. The molecular formula is C26H20N2O3. The van der Waals surface area contributed by atoms with Gasteiger partial charge in [-0.2, -0.15) is 0 Å². The number of ether oxygens (including phenoxy) is 1. The quantitative estimate of drug-likeness (QED) is 0.412. The third-order valence-corrected chi connectivity index (χ3v) is 4.49. The van der Waals surface area contributed by atoms with Crippen LogP contribution in [0.5, 0.6) is 11.5 Å². The van der Waals surface area contributed by atoms with Gasteiger partial charge in [-0.25, -0.2) is 0 Å². The fraction of sp³-hybridized carbons (Fsp3) is 0. The van der Waals surface area contributed by atoms with Crippen molar-refractivity contribution < 1.29 is 14.3 Å². The number of benzene rings is 4. The second-order valence-electron chi connectivity index (χ2n) is 6.80. The van der Waals surface area contributed by atoms with E-state index >= 15 is 0 Å². The summed E-state index contributed by atoms with van der Waals surface area (Å²) in [6.07, 6.45) is 0. The van der Waals surface area contributed by atoms with E-state index in [0.29, 0.717) is 22.6 Å². The molecule has 0 fully saturated rings. The number of nitrogens with one attached hydrogen (secondary N) is 2. The van der Waals surface area contributed by atoms with Crippen LogP contribution in [-0.2, 0) is 0 Å². The lowest BCUT2D eigenvalue weighted by Gasteiger charge is -2.10. The van der Waals surface area contributed by atoms with Crippen LogP contribution in [0.25, 0.3) is 0 Å². The highest BCUT2D eigenvalue weighted by Gasteiger charge is 2.10. The summed E-state index contributed by atoms with van der Waals surface area (Å²) in [4.78, 5) is 25.0. The van der Waals surface area contributed by atoms with E-state index in [-0.39, 0.29) is 11.8 Å². The number of anilines is 2. The first kappa shape index (κ1) is 19.9. The Hall–Kier alpha value is -4.38. The predicted molar refractivity (Wildman–Crippen MR) is 122 cm³/mol. The van der Waals surface area contributed by atoms with E-state index in [1.54, 1.807) is 48.5 Å². The van der Waals surface area contributed by atoms with Crippen LogP contribution in [-0.4, -0.2) is 11.8 Å². The van der Waals surface area contributed by atoms with Crippen LogP contribution in [0.3, 0.4) is 0 Å². The lowest BCUT2D eigenvalue weighted by molar-refractivity contribution is 0.101. The Bertz CT molecular complexity index is 1100. The molecule has 5 nitrogen and oxygen atoms in total. The average Bonchev–Trinajstić information content (AvgIpc) is 2.81. The largest absolute Gasteiger partial charge is 0.457 e. The van der Waals surface area contributed by atoms with Gasteiger partial charge in [0.25, 0.3) is 11.8 Å². The Kier molecular flexibility index (Phi) is 6.05. The number of carbonyl (C=O) groups is 2. The third-order valence-electron chi connectivity index (χ3n) is 4.49. The second kappa shape index (κ2) is 9.41. The zero-order valence-corrected chi connectivity index (χ0v) is 16.6. The van der Waals surface area contributed by atoms with Crippen molar-refractivity contribution in [1.29, 1.82) is 0 Å². The molecule has 0 aliphatic rings. The smallest absolute Gasteiger partial charge is 0.255 e. The average molecular weight is 408 g/mol. The van der Waals surface area contributed by atoms with Crippen molar-refractivity contribution in [3.63, 3.8) is 0 Å². The molecule has 0 aromatic heterocycles. The number of hydrogen-bond donors (Lipinski definition) is 2. The van der Waals surface area contributed by atoms with Gasteiger partial charge in [0.1, 0.15) is 11.5 Å². The second-order valence-corrected chi connectivity index (χ2v) is 6.80. The first-order chi connectivity index (χ1) is 15.2. The fourth-order valence-corrected chi connectivity index (χ4v) is 2.99. The number of carbonyl (C=O) groups excluding carboxylic acids is 2. The molecule has 0 atom stereocenters. The summed E-state index contributed by atoms with van der Waals surface area (Å²) in [6, 6.07) is 32.3. The standard InChI is InChI=1S/C26H20N2O3/c29-25(27-21-11-3-1-4-12-21)19-9-7-15-23(17-19)31-24-16-8-10-20(18-24)26(30)28-22-13-5-2-6-14-22/h1-18H,(H,27,29)(H,28,30). The summed E-state index contributed by atoms with van der Waals surface area (Å²) in [5, 5.41) is 5.70. The topological polar surface area (TPSA) is 67.4 Å². The Morgan fingerprint density at radius 1 is 0.516 bits per heavy atom. The molecule has 0 saturated carbocycles. The number of rotatable bonds is 6. The first-order valence-corrected chi connectivity index (χ1v) is 9.78. The molecule has 4 rings (SSSR count). The van der Waals surface area contributed by atoms with Gasteiger partial charge >= 0.3 is 0 Å². The Morgan fingerprint density at radius 3 is 1.35 bits per heavy atom. The maximum absolute atomic E-state index is 12.5. The molecule has 0 unspecified atom stereocenters. The van der Waals surface area contributed by atoms with Crippen molar-refractivity contribution in [2.24, 2.45) is 0 Å². The SMILES string of the molecule is O=C(Nc1ccccc1)c1cccc(Oc2cccc(C(=O)Nc3ccccc3)c2)c1. The van der Waals surface area contributed by atoms with Crippen molar-refractivity contribution in [3.8, 4) is 11.5 Å².